The maximum Gasteiger partial charge on any atom is 0.503 e. The molecule has 0 rings (SSSR count). The first-order valence-corrected chi connectivity index (χ1v) is 9.59. The second kappa shape index (κ2) is 11.8. The summed E-state index contributed by atoms with van der Waals surface area (Å²) in [6.07, 6.45) is 3.51. The van der Waals surface area contributed by atoms with E-state index in [2.05, 4.69) is 19.2 Å². The quantitative estimate of drug-likeness (QED) is 0.418. The van der Waals surface area contributed by atoms with Gasteiger partial charge in [0.25, 0.3) is 0 Å². The Morgan fingerprint density at radius 2 is 1.42 bits per heavy atom. The van der Waals surface area contributed by atoms with Crippen LogP contribution in [-0.4, -0.2) is 41.7 Å². The van der Waals surface area contributed by atoms with E-state index < -0.39 is 8.80 Å². The molecule has 0 fully saturated rings. The third-order valence-corrected chi connectivity index (χ3v) is 6.67. The van der Waals surface area contributed by atoms with E-state index >= 15 is 0 Å². The van der Waals surface area contributed by atoms with Gasteiger partial charge in [-0.05, 0) is 46.7 Å². The molecule has 4 nitrogen and oxygen atoms in total. The number of nitrogens with one attached hydrogen (secondary N) is 1. The molecule has 1 unspecified atom stereocenters. The van der Waals surface area contributed by atoms with Crippen LogP contribution in [0.5, 0.6) is 0 Å². The minimum Gasteiger partial charge on any atom is -0.374 e. The molecule has 0 aromatic heterocycles. The SMILES string of the molecule is CCCCNCCC(C)[Si](OCC)(OCC)OCC. The lowest BCUT2D eigenvalue weighted by Crippen LogP contribution is -2.50. The van der Waals surface area contributed by atoms with Crippen LogP contribution in [0.25, 0.3) is 0 Å². The first-order chi connectivity index (χ1) is 9.16. The summed E-state index contributed by atoms with van der Waals surface area (Å²) in [4.78, 5) is 0. The van der Waals surface area contributed by atoms with Crippen molar-refractivity contribution >= 4 is 8.80 Å². The van der Waals surface area contributed by atoms with Crippen molar-refractivity contribution in [2.75, 3.05) is 32.9 Å². The highest BCUT2D eigenvalue weighted by molar-refractivity contribution is 6.62. The van der Waals surface area contributed by atoms with Gasteiger partial charge in [-0.2, -0.15) is 0 Å². The molecular weight excluding hydrogens is 258 g/mol. The van der Waals surface area contributed by atoms with Crippen LogP contribution < -0.4 is 5.32 Å². The van der Waals surface area contributed by atoms with Gasteiger partial charge >= 0.3 is 8.80 Å². The second-order valence-corrected chi connectivity index (χ2v) is 7.75. The Morgan fingerprint density at radius 1 is 0.895 bits per heavy atom. The smallest absolute Gasteiger partial charge is 0.374 e. The van der Waals surface area contributed by atoms with Crippen LogP contribution in [0.3, 0.4) is 0 Å². The Bertz CT molecular complexity index is 188. The van der Waals surface area contributed by atoms with Gasteiger partial charge in [-0.3, -0.25) is 0 Å². The molecule has 1 atom stereocenters. The van der Waals surface area contributed by atoms with Crippen molar-refractivity contribution in [2.24, 2.45) is 0 Å². The summed E-state index contributed by atoms with van der Waals surface area (Å²) in [5.74, 6) is 0. The Kier molecular flexibility index (Phi) is 11.9. The Hall–Kier alpha value is 0.0569. The monoisotopic (exact) mass is 291 g/mol. The van der Waals surface area contributed by atoms with Gasteiger partial charge in [-0.25, -0.2) is 0 Å². The molecule has 0 saturated carbocycles. The third-order valence-electron chi connectivity index (χ3n) is 3.10. The molecule has 0 saturated heterocycles. The van der Waals surface area contributed by atoms with Crippen molar-refractivity contribution in [2.45, 2.75) is 59.4 Å². The van der Waals surface area contributed by atoms with Gasteiger partial charge in [0.1, 0.15) is 0 Å². The van der Waals surface area contributed by atoms with Crippen LogP contribution in [0.15, 0.2) is 0 Å². The molecule has 0 aliphatic rings. The van der Waals surface area contributed by atoms with Gasteiger partial charge in [-0.1, -0.05) is 20.3 Å². The second-order valence-electron chi connectivity index (χ2n) is 4.70. The molecule has 19 heavy (non-hydrogen) atoms. The summed E-state index contributed by atoms with van der Waals surface area (Å²) >= 11 is 0. The van der Waals surface area contributed by atoms with Crippen LogP contribution >= 0.6 is 0 Å². The highest BCUT2D eigenvalue weighted by Crippen LogP contribution is 2.28. The molecule has 0 heterocycles. The van der Waals surface area contributed by atoms with E-state index in [0.29, 0.717) is 25.4 Å². The topological polar surface area (TPSA) is 39.7 Å². The summed E-state index contributed by atoms with van der Waals surface area (Å²) in [5, 5.41) is 3.47. The first-order valence-electron chi connectivity index (χ1n) is 7.79. The van der Waals surface area contributed by atoms with E-state index in [1.165, 1.54) is 12.8 Å². The summed E-state index contributed by atoms with van der Waals surface area (Å²) < 4.78 is 17.8. The molecule has 0 bridgehead atoms. The first kappa shape index (κ1) is 19.1. The minimum absolute atomic E-state index is 0.335. The summed E-state index contributed by atoms with van der Waals surface area (Å²) in [6, 6.07) is 0. The van der Waals surface area contributed by atoms with E-state index in [9.17, 15) is 0 Å². The molecule has 0 spiro atoms. The molecular formula is C14H33NO3Si. The maximum atomic E-state index is 5.92. The zero-order valence-electron chi connectivity index (χ0n) is 13.5. The van der Waals surface area contributed by atoms with Crippen molar-refractivity contribution in [3.63, 3.8) is 0 Å². The Morgan fingerprint density at radius 3 is 1.84 bits per heavy atom. The van der Waals surface area contributed by atoms with E-state index in [1.807, 2.05) is 20.8 Å². The number of unbranched alkanes of at least 4 members (excludes halogenated alkanes) is 1. The fourth-order valence-corrected chi connectivity index (χ4v) is 4.89. The molecule has 5 heteroatoms. The van der Waals surface area contributed by atoms with Gasteiger partial charge in [0.05, 0.1) is 0 Å². The predicted molar refractivity (Wildman–Crippen MR) is 82.5 cm³/mol. The average molecular weight is 292 g/mol. The average Bonchev–Trinajstić information content (AvgIpc) is 2.39. The lowest BCUT2D eigenvalue weighted by molar-refractivity contribution is 0.0615. The largest absolute Gasteiger partial charge is 0.503 e. The normalized spacial score (nSPS) is 13.7. The molecule has 0 aromatic carbocycles. The van der Waals surface area contributed by atoms with Crippen molar-refractivity contribution in [3.8, 4) is 0 Å². The lowest BCUT2D eigenvalue weighted by atomic mass is 10.3. The highest BCUT2D eigenvalue weighted by atomic mass is 28.4. The fraction of sp³-hybridized carbons (Fsp3) is 1.00. The highest BCUT2D eigenvalue weighted by Gasteiger charge is 2.46. The summed E-state index contributed by atoms with van der Waals surface area (Å²) in [7, 11) is -2.51. The predicted octanol–water partition coefficient (Wildman–Crippen LogP) is 3.20. The third kappa shape index (κ3) is 7.42. The van der Waals surface area contributed by atoms with E-state index in [-0.39, 0.29) is 0 Å². The standard InChI is InChI=1S/C14H33NO3Si/c1-6-10-12-15-13-11-14(5)19(16-7-2,17-8-3)18-9-4/h14-15H,6-13H2,1-5H3. The maximum absolute atomic E-state index is 5.92. The molecule has 116 valence electrons. The molecule has 0 aliphatic heterocycles. The van der Waals surface area contributed by atoms with Gasteiger partial charge in [0.15, 0.2) is 0 Å². The zero-order valence-corrected chi connectivity index (χ0v) is 14.5. The van der Waals surface area contributed by atoms with Crippen LogP contribution in [0.1, 0.15) is 53.9 Å². The van der Waals surface area contributed by atoms with Gasteiger partial charge < -0.3 is 18.6 Å². The fourth-order valence-electron chi connectivity index (χ4n) is 2.08. The van der Waals surface area contributed by atoms with Crippen molar-refractivity contribution in [1.29, 1.82) is 0 Å². The zero-order chi connectivity index (χ0) is 14.6. The van der Waals surface area contributed by atoms with Crippen molar-refractivity contribution in [3.05, 3.63) is 0 Å². The van der Waals surface area contributed by atoms with Crippen LogP contribution in [0, 0.1) is 0 Å². The summed E-state index contributed by atoms with van der Waals surface area (Å²) in [5.41, 5.74) is 0.335. The van der Waals surface area contributed by atoms with E-state index in [1.54, 1.807) is 0 Å². The van der Waals surface area contributed by atoms with Gasteiger partial charge in [0.2, 0.25) is 0 Å². The minimum atomic E-state index is -2.51. The van der Waals surface area contributed by atoms with Crippen LogP contribution in [0.4, 0.5) is 0 Å². The van der Waals surface area contributed by atoms with Gasteiger partial charge in [-0.15, -0.1) is 0 Å². The lowest BCUT2D eigenvalue weighted by Gasteiger charge is -2.33. The summed E-state index contributed by atoms with van der Waals surface area (Å²) in [6.45, 7) is 14.5. The molecule has 0 aliphatic carbocycles. The number of hydrogen-bond donors (Lipinski definition) is 1. The molecule has 0 radical (unpaired) electrons. The molecule has 0 aromatic rings. The van der Waals surface area contributed by atoms with E-state index in [0.717, 1.165) is 19.5 Å². The number of hydrogen-bond acceptors (Lipinski definition) is 4. The van der Waals surface area contributed by atoms with E-state index in [4.69, 9.17) is 13.3 Å². The van der Waals surface area contributed by atoms with Crippen molar-refractivity contribution in [1.82, 2.24) is 5.32 Å². The molecule has 1 N–H and O–H groups in total. The van der Waals surface area contributed by atoms with Crippen LogP contribution in [-0.2, 0) is 13.3 Å². The van der Waals surface area contributed by atoms with Gasteiger partial charge in [0, 0.05) is 25.4 Å². The Labute approximate surface area is 120 Å². The van der Waals surface area contributed by atoms with Crippen molar-refractivity contribution < 1.29 is 13.3 Å². The Balaban J connectivity index is 4.30. The van der Waals surface area contributed by atoms with Crippen LogP contribution in [0.2, 0.25) is 5.54 Å². The molecule has 0 amide bonds. The number of rotatable bonds is 13.